The van der Waals surface area contributed by atoms with Gasteiger partial charge in [-0.15, -0.1) is 0 Å². The summed E-state index contributed by atoms with van der Waals surface area (Å²) < 4.78 is 5.25. The highest BCUT2D eigenvalue weighted by Gasteiger charge is 2.08. The van der Waals surface area contributed by atoms with Crippen LogP contribution in [0.3, 0.4) is 0 Å². The number of hydrogen-bond acceptors (Lipinski definition) is 2. The van der Waals surface area contributed by atoms with Gasteiger partial charge in [0, 0.05) is 6.04 Å². The average molecular weight is 235 g/mol. The molecule has 0 aliphatic heterocycles. The van der Waals surface area contributed by atoms with Gasteiger partial charge in [-0.05, 0) is 36.6 Å². The van der Waals surface area contributed by atoms with E-state index in [-0.39, 0.29) is 0 Å². The van der Waals surface area contributed by atoms with Crippen LogP contribution in [-0.4, -0.2) is 19.7 Å². The first-order chi connectivity index (χ1) is 8.15. The summed E-state index contributed by atoms with van der Waals surface area (Å²) in [6.45, 7) is 7.73. The SMILES string of the molecule is CCC(CNC(C)C)Cc1cccc(OC)c1. The zero-order chi connectivity index (χ0) is 12.7. The van der Waals surface area contributed by atoms with Crippen molar-refractivity contribution in [3.05, 3.63) is 29.8 Å². The van der Waals surface area contributed by atoms with E-state index < -0.39 is 0 Å². The largest absolute Gasteiger partial charge is 0.497 e. The highest BCUT2D eigenvalue weighted by molar-refractivity contribution is 5.28. The Morgan fingerprint density at radius 3 is 2.65 bits per heavy atom. The van der Waals surface area contributed by atoms with Gasteiger partial charge >= 0.3 is 0 Å². The molecule has 2 nitrogen and oxygen atoms in total. The van der Waals surface area contributed by atoms with Crippen LogP contribution in [0.1, 0.15) is 32.8 Å². The number of rotatable bonds is 7. The Morgan fingerprint density at radius 2 is 2.06 bits per heavy atom. The molecule has 0 aliphatic carbocycles. The second-order valence-corrected chi connectivity index (χ2v) is 4.89. The average Bonchev–Trinajstić information content (AvgIpc) is 2.34. The molecule has 0 amide bonds. The minimum atomic E-state index is 0.564. The molecule has 1 rings (SSSR count). The lowest BCUT2D eigenvalue weighted by molar-refractivity contribution is 0.411. The van der Waals surface area contributed by atoms with Gasteiger partial charge in [0.2, 0.25) is 0 Å². The maximum Gasteiger partial charge on any atom is 0.119 e. The molecular weight excluding hydrogens is 210 g/mol. The molecule has 17 heavy (non-hydrogen) atoms. The summed E-state index contributed by atoms with van der Waals surface area (Å²) in [5.41, 5.74) is 1.36. The number of hydrogen-bond donors (Lipinski definition) is 1. The summed E-state index contributed by atoms with van der Waals surface area (Å²) >= 11 is 0. The van der Waals surface area contributed by atoms with E-state index in [0.717, 1.165) is 18.7 Å². The molecule has 0 fully saturated rings. The van der Waals surface area contributed by atoms with Crippen molar-refractivity contribution in [3.63, 3.8) is 0 Å². The van der Waals surface area contributed by atoms with Crippen molar-refractivity contribution < 1.29 is 4.74 Å². The molecular formula is C15H25NO. The van der Waals surface area contributed by atoms with Crippen LogP contribution in [0.4, 0.5) is 0 Å². The van der Waals surface area contributed by atoms with Gasteiger partial charge in [0.1, 0.15) is 5.75 Å². The van der Waals surface area contributed by atoms with Crippen LogP contribution in [0.5, 0.6) is 5.75 Å². The van der Waals surface area contributed by atoms with Crippen LogP contribution in [-0.2, 0) is 6.42 Å². The molecule has 0 saturated heterocycles. The molecule has 1 unspecified atom stereocenters. The molecule has 1 atom stereocenters. The van der Waals surface area contributed by atoms with Crippen LogP contribution in [0, 0.1) is 5.92 Å². The molecule has 1 aromatic rings. The predicted octanol–water partition coefficient (Wildman–Crippen LogP) is 3.26. The van der Waals surface area contributed by atoms with Gasteiger partial charge in [-0.1, -0.05) is 39.3 Å². The summed E-state index contributed by atoms with van der Waals surface area (Å²) in [5.74, 6) is 1.65. The summed E-state index contributed by atoms with van der Waals surface area (Å²) in [7, 11) is 1.72. The molecule has 96 valence electrons. The van der Waals surface area contributed by atoms with E-state index in [4.69, 9.17) is 4.74 Å². The maximum absolute atomic E-state index is 5.25. The zero-order valence-corrected chi connectivity index (χ0v) is 11.5. The molecule has 0 bridgehead atoms. The van der Waals surface area contributed by atoms with Crippen molar-refractivity contribution in [1.29, 1.82) is 0 Å². The van der Waals surface area contributed by atoms with Crippen molar-refractivity contribution in [3.8, 4) is 5.75 Å². The quantitative estimate of drug-likeness (QED) is 0.783. The van der Waals surface area contributed by atoms with Crippen LogP contribution in [0.25, 0.3) is 0 Å². The molecule has 0 spiro atoms. The standard InChI is InChI=1S/C15H25NO/c1-5-13(11-16-12(2)3)9-14-7-6-8-15(10-14)17-4/h6-8,10,12-13,16H,5,9,11H2,1-4H3. The number of methoxy groups -OCH3 is 1. The van der Waals surface area contributed by atoms with E-state index in [1.807, 2.05) is 6.07 Å². The Labute approximate surface area is 105 Å². The van der Waals surface area contributed by atoms with E-state index in [1.165, 1.54) is 12.0 Å². The Bertz CT molecular complexity index is 322. The molecule has 0 saturated carbocycles. The fourth-order valence-corrected chi connectivity index (χ4v) is 1.90. The minimum absolute atomic E-state index is 0.564. The lowest BCUT2D eigenvalue weighted by atomic mass is 9.96. The molecule has 1 aromatic carbocycles. The van der Waals surface area contributed by atoms with Gasteiger partial charge in [-0.25, -0.2) is 0 Å². The van der Waals surface area contributed by atoms with Gasteiger partial charge < -0.3 is 10.1 Å². The molecule has 0 heterocycles. The van der Waals surface area contributed by atoms with Crippen molar-refractivity contribution in [2.24, 2.45) is 5.92 Å². The highest BCUT2D eigenvalue weighted by Crippen LogP contribution is 2.17. The van der Waals surface area contributed by atoms with Gasteiger partial charge in [0.15, 0.2) is 0 Å². The topological polar surface area (TPSA) is 21.3 Å². The van der Waals surface area contributed by atoms with E-state index in [0.29, 0.717) is 12.0 Å². The molecule has 0 aliphatic rings. The Hall–Kier alpha value is -1.02. The number of nitrogens with one attached hydrogen (secondary N) is 1. The van der Waals surface area contributed by atoms with E-state index in [2.05, 4.69) is 44.3 Å². The maximum atomic E-state index is 5.25. The predicted molar refractivity (Wildman–Crippen MR) is 73.6 cm³/mol. The monoisotopic (exact) mass is 235 g/mol. The van der Waals surface area contributed by atoms with Crippen LogP contribution in [0.15, 0.2) is 24.3 Å². The smallest absolute Gasteiger partial charge is 0.119 e. The van der Waals surface area contributed by atoms with Gasteiger partial charge in [0.05, 0.1) is 7.11 Å². The highest BCUT2D eigenvalue weighted by atomic mass is 16.5. The number of benzene rings is 1. The first-order valence-corrected chi connectivity index (χ1v) is 6.52. The van der Waals surface area contributed by atoms with Gasteiger partial charge in [0.25, 0.3) is 0 Å². The second kappa shape index (κ2) is 7.33. The molecule has 2 heteroatoms. The summed E-state index contributed by atoms with van der Waals surface area (Å²) in [4.78, 5) is 0. The Balaban J connectivity index is 2.54. The summed E-state index contributed by atoms with van der Waals surface area (Å²) in [6.07, 6.45) is 2.32. The molecule has 0 radical (unpaired) electrons. The van der Waals surface area contributed by atoms with E-state index in [9.17, 15) is 0 Å². The first-order valence-electron chi connectivity index (χ1n) is 6.52. The van der Waals surface area contributed by atoms with Gasteiger partial charge in [-0.3, -0.25) is 0 Å². The van der Waals surface area contributed by atoms with Crippen molar-refractivity contribution >= 4 is 0 Å². The van der Waals surface area contributed by atoms with Crippen LogP contribution in [0.2, 0.25) is 0 Å². The normalized spacial score (nSPS) is 12.8. The lowest BCUT2D eigenvalue weighted by Gasteiger charge is -2.18. The second-order valence-electron chi connectivity index (χ2n) is 4.89. The molecule has 1 N–H and O–H groups in total. The summed E-state index contributed by atoms with van der Waals surface area (Å²) in [5, 5.41) is 3.51. The van der Waals surface area contributed by atoms with Gasteiger partial charge in [-0.2, -0.15) is 0 Å². The minimum Gasteiger partial charge on any atom is -0.497 e. The third-order valence-corrected chi connectivity index (χ3v) is 3.05. The fourth-order valence-electron chi connectivity index (χ4n) is 1.90. The third kappa shape index (κ3) is 5.22. The van der Waals surface area contributed by atoms with Crippen molar-refractivity contribution in [2.45, 2.75) is 39.7 Å². The van der Waals surface area contributed by atoms with E-state index in [1.54, 1.807) is 7.11 Å². The van der Waals surface area contributed by atoms with Crippen LogP contribution < -0.4 is 10.1 Å². The van der Waals surface area contributed by atoms with Crippen LogP contribution >= 0.6 is 0 Å². The summed E-state index contributed by atoms with van der Waals surface area (Å²) in [6, 6.07) is 8.95. The molecule has 0 aromatic heterocycles. The zero-order valence-electron chi connectivity index (χ0n) is 11.5. The van der Waals surface area contributed by atoms with Crippen molar-refractivity contribution in [2.75, 3.05) is 13.7 Å². The Morgan fingerprint density at radius 1 is 1.29 bits per heavy atom. The van der Waals surface area contributed by atoms with Crippen molar-refractivity contribution in [1.82, 2.24) is 5.32 Å². The first kappa shape index (κ1) is 14.0. The lowest BCUT2D eigenvalue weighted by Crippen LogP contribution is -2.29. The number of ether oxygens (including phenoxy) is 1. The van der Waals surface area contributed by atoms with E-state index >= 15 is 0 Å². The fraction of sp³-hybridized carbons (Fsp3) is 0.600. The third-order valence-electron chi connectivity index (χ3n) is 3.05. The Kier molecular flexibility index (Phi) is 6.06.